The largest absolute Gasteiger partial charge is 0.491 e. The van der Waals surface area contributed by atoms with Crippen molar-refractivity contribution in [2.24, 2.45) is 0 Å². The molecule has 0 bridgehead atoms. The van der Waals surface area contributed by atoms with Gasteiger partial charge in [0.15, 0.2) is 0 Å². The van der Waals surface area contributed by atoms with Crippen LogP contribution in [0, 0.1) is 5.82 Å². The average molecular weight is 292 g/mol. The molecule has 0 saturated carbocycles. The molecule has 1 N–H and O–H groups in total. The quantitative estimate of drug-likeness (QED) is 0.912. The van der Waals surface area contributed by atoms with Crippen LogP contribution in [0.4, 0.5) is 4.39 Å². The van der Waals surface area contributed by atoms with E-state index in [1.165, 1.54) is 12.1 Å². The summed E-state index contributed by atoms with van der Waals surface area (Å²) in [6.07, 6.45) is 0. The van der Waals surface area contributed by atoms with Crippen molar-refractivity contribution in [1.82, 2.24) is 5.32 Å². The van der Waals surface area contributed by atoms with Crippen LogP contribution in [0.2, 0.25) is 5.02 Å². The van der Waals surface area contributed by atoms with Gasteiger partial charge in [-0.2, -0.15) is 0 Å². The zero-order valence-electron chi connectivity index (χ0n) is 11.1. The molecule has 3 rings (SSSR count). The number of hydrogen-bond donors (Lipinski definition) is 1. The molecule has 0 aromatic heterocycles. The van der Waals surface area contributed by atoms with Gasteiger partial charge in [0.25, 0.3) is 0 Å². The molecular formula is C16H15ClFNO. The van der Waals surface area contributed by atoms with Crippen LogP contribution in [0.25, 0.3) is 0 Å². The van der Waals surface area contributed by atoms with Gasteiger partial charge in [-0.1, -0.05) is 35.9 Å². The average Bonchev–Trinajstić information content (AvgIpc) is 2.82. The number of benzene rings is 2. The maximum Gasteiger partial charge on any atom is 0.124 e. The van der Waals surface area contributed by atoms with Crippen molar-refractivity contribution in [2.45, 2.75) is 19.0 Å². The maximum absolute atomic E-state index is 13.1. The van der Waals surface area contributed by atoms with Crippen LogP contribution in [0.15, 0.2) is 42.5 Å². The summed E-state index contributed by atoms with van der Waals surface area (Å²) < 4.78 is 18.7. The molecule has 0 amide bonds. The fourth-order valence-electron chi connectivity index (χ4n) is 2.54. The number of para-hydroxylation sites is 1. The van der Waals surface area contributed by atoms with Crippen LogP contribution in [0.5, 0.6) is 5.75 Å². The van der Waals surface area contributed by atoms with E-state index >= 15 is 0 Å². The Labute approximate surface area is 122 Å². The minimum Gasteiger partial charge on any atom is -0.491 e. The van der Waals surface area contributed by atoms with E-state index in [1.807, 2.05) is 25.1 Å². The first kappa shape index (κ1) is 13.4. The predicted molar refractivity (Wildman–Crippen MR) is 77.6 cm³/mol. The fraction of sp³-hybridized carbons (Fsp3) is 0.250. The van der Waals surface area contributed by atoms with Crippen LogP contribution >= 0.6 is 11.6 Å². The summed E-state index contributed by atoms with van der Waals surface area (Å²) >= 11 is 6.10. The Balaban J connectivity index is 1.79. The summed E-state index contributed by atoms with van der Waals surface area (Å²) in [6, 6.07) is 12.6. The molecule has 4 heteroatoms. The van der Waals surface area contributed by atoms with Crippen molar-refractivity contribution in [3.63, 3.8) is 0 Å². The second-order valence-electron chi connectivity index (χ2n) is 4.96. The van der Waals surface area contributed by atoms with Crippen LogP contribution in [-0.2, 0) is 0 Å². The third-order valence-corrected chi connectivity index (χ3v) is 3.91. The van der Waals surface area contributed by atoms with Gasteiger partial charge in [0, 0.05) is 16.6 Å². The Morgan fingerprint density at radius 2 is 2.10 bits per heavy atom. The third-order valence-electron chi connectivity index (χ3n) is 3.58. The molecule has 2 aromatic rings. The van der Waals surface area contributed by atoms with Gasteiger partial charge in [0.1, 0.15) is 18.2 Å². The lowest BCUT2D eigenvalue weighted by molar-refractivity contribution is 0.301. The number of rotatable bonds is 3. The predicted octanol–water partition coefficient (Wildman–Crippen LogP) is 4.26. The van der Waals surface area contributed by atoms with Gasteiger partial charge >= 0.3 is 0 Å². The van der Waals surface area contributed by atoms with Crippen LogP contribution in [0.1, 0.15) is 30.1 Å². The molecule has 20 heavy (non-hydrogen) atoms. The molecule has 2 nitrogen and oxygen atoms in total. The van der Waals surface area contributed by atoms with Crippen LogP contribution < -0.4 is 10.1 Å². The molecule has 0 saturated heterocycles. The minimum absolute atomic E-state index is 0.0165. The van der Waals surface area contributed by atoms with Crippen molar-refractivity contribution in [3.05, 3.63) is 64.4 Å². The Kier molecular flexibility index (Phi) is 3.64. The maximum atomic E-state index is 13.1. The molecule has 1 aliphatic heterocycles. The van der Waals surface area contributed by atoms with Gasteiger partial charge in [-0.05, 0) is 30.7 Å². The van der Waals surface area contributed by atoms with E-state index in [2.05, 4.69) is 11.4 Å². The molecule has 1 aliphatic rings. The van der Waals surface area contributed by atoms with E-state index in [4.69, 9.17) is 16.3 Å². The van der Waals surface area contributed by atoms with Crippen molar-refractivity contribution in [3.8, 4) is 5.75 Å². The molecule has 0 spiro atoms. The summed E-state index contributed by atoms with van der Waals surface area (Å²) in [5, 5.41) is 3.92. The highest BCUT2D eigenvalue weighted by atomic mass is 35.5. The number of hydrogen-bond acceptors (Lipinski definition) is 2. The molecule has 1 heterocycles. The van der Waals surface area contributed by atoms with E-state index in [0.717, 1.165) is 16.9 Å². The minimum atomic E-state index is -0.319. The third kappa shape index (κ3) is 2.51. The molecule has 0 fully saturated rings. The van der Waals surface area contributed by atoms with Gasteiger partial charge in [0.05, 0.1) is 6.04 Å². The highest BCUT2D eigenvalue weighted by molar-refractivity contribution is 6.31. The van der Waals surface area contributed by atoms with Crippen molar-refractivity contribution in [2.75, 3.05) is 6.61 Å². The van der Waals surface area contributed by atoms with Gasteiger partial charge in [-0.3, -0.25) is 0 Å². The molecule has 2 atom stereocenters. The highest BCUT2D eigenvalue weighted by Crippen LogP contribution is 2.34. The lowest BCUT2D eigenvalue weighted by atomic mass is 10.0. The molecule has 0 radical (unpaired) electrons. The lowest BCUT2D eigenvalue weighted by Crippen LogP contribution is -2.25. The Morgan fingerprint density at radius 3 is 2.90 bits per heavy atom. The van der Waals surface area contributed by atoms with Gasteiger partial charge < -0.3 is 10.1 Å². The zero-order valence-corrected chi connectivity index (χ0v) is 11.8. The van der Waals surface area contributed by atoms with E-state index in [9.17, 15) is 4.39 Å². The first-order valence-corrected chi connectivity index (χ1v) is 6.95. The van der Waals surface area contributed by atoms with Crippen LogP contribution in [-0.4, -0.2) is 6.61 Å². The first-order valence-electron chi connectivity index (χ1n) is 6.58. The van der Waals surface area contributed by atoms with E-state index in [-0.39, 0.29) is 17.9 Å². The summed E-state index contributed by atoms with van der Waals surface area (Å²) in [5.41, 5.74) is 2.04. The van der Waals surface area contributed by atoms with E-state index in [0.29, 0.717) is 11.6 Å². The number of fused-ring (bicyclic) bond motifs is 1. The molecular weight excluding hydrogens is 277 g/mol. The van der Waals surface area contributed by atoms with Crippen LogP contribution in [0.3, 0.4) is 0 Å². The summed E-state index contributed by atoms with van der Waals surface area (Å²) in [6.45, 7) is 2.61. The van der Waals surface area contributed by atoms with Crippen molar-refractivity contribution in [1.29, 1.82) is 0 Å². The lowest BCUT2D eigenvalue weighted by Gasteiger charge is -2.20. The zero-order chi connectivity index (χ0) is 14.1. The summed E-state index contributed by atoms with van der Waals surface area (Å²) in [7, 11) is 0. The summed E-state index contributed by atoms with van der Waals surface area (Å²) in [4.78, 5) is 0. The van der Waals surface area contributed by atoms with Crippen molar-refractivity contribution >= 4 is 11.6 Å². The number of nitrogens with one attached hydrogen (secondary N) is 1. The highest BCUT2D eigenvalue weighted by Gasteiger charge is 2.25. The fourth-order valence-corrected chi connectivity index (χ4v) is 2.88. The molecule has 2 aromatic carbocycles. The standard InChI is InChI=1S/C16H15ClFNO/c1-10(12-7-6-11(18)8-14(12)17)19-15-9-20-16-5-3-2-4-13(15)16/h2-8,10,15,19H,9H2,1H3. The molecule has 0 aliphatic carbocycles. The topological polar surface area (TPSA) is 21.3 Å². The second-order valence-corrected chi connectivity index (χ2v) is 5.36. The van der Waals surface area contributed by atoms with E-state index < -0.39 is 0 Å². The Bertz CT molecular complexity index is 632. The molecule has 2 unspecified atom stereocenters. The SMILES string of the molecule is CC(NC1COc2ccccc21)c1ccc(F)cc1Cl. The van der Waals surface area contributed by atoms with Gasteiger partial charge in [0.2, 0.25) is 0 Å². The first-order chi connectivity index (χ1) is 9.65. The smallest absolute Gasteiger partial charge is 0.124 e. The number of halogens is 2. The number of ether oxygens (including phenoxy) is 1. The summed E-state index contributed by atoms with van der Waals surface area (Å²) in [5.74, 6) is 0.600. The van der Waals surface area contributed by atoms with Gasteiger partial charge in [-0.15, -0.1) is 0 Å². The monoisotopic (exact) mass is 291 g/mol. The normalized spacial score (nSPS) is 18.4. The second kappa shape index (κ2) is 5.43. The molecule has 104 valence electrons. The van der Waals surface area contributed by atoms with Crippen molar-refractivity contribution < 1.29 is 9.13 Å². The van der Waals surface area contributed by atoms with E-state index in [1.54, 1.807) is 6.07 Å². The Morgan fingerprint density at radius 1 is 1.30 bits per heavy atom. The van der Waals surface area contributed by atoms with Gasteiger partial charge in [-0.25, -0.2) is 4.39 Å². The Hall–Kier alpha value is -1.58.